The Balaban J connectivity index is 1.78. The summed E-state index contributed by atoms with van der Waals surface area (Å²) >= 11 is 1.11. The number of hydrogen-bond acceptors (Lipinski definition) is 7. The standard InChI is InChI=1S/C16H16N4O4S/c1-9-12-14(19-10-4-2-7-20(10)15(12)22)25-13(9)16(23)24-8-11(21)18-6-3-5-17/h2-4,6-8H2,1H3,(H,18,21). The van der Waals surface area contributed by atoms with Gasteiger partial charge in [0.2, 0.25) is 0 Å². The molecule has 1 aliphatic rings. The number of esters is 1. The predicted octanol–water partition coefficient (Wildman–Crippen LogP) is 0.899. The van der Waals surface area contributed by atoms with Crippen LogP contribution in [0.3, 0.4) is 0 Å². The van der Waals surface area contributed by atoms with Gasteiger partial charge in [-0.15, -0.1) is 11.3 Å². The molecular weight excluding hydrogens is 344 g/mol. The first-order valence-corrected chi connectivity index (χ1v) is 8.68. The van der Waals surface area contributed by atoms with Gasteiger partial charge in [-0.05, 0) is 18.9 Å². The monoisotopic (exact) mass is 360 g/mol. The molecule has 0 radical (unpaired) electrons. The van der Waals surface area contributed by atoms with E-state index in [0.717, 1.165) is 30.0 Å². The maximum Gasteiger partial charge on any atom is 0.349 e. The Morgan fingerprint density at radius 2 is 2.28 bits per heavy atom. The molecule has 0 unspecified atom stereocenters. The third-order valence-corrected chi connectivity index (χ3v) is 5.16. The van der Waals surface area contributed by atoms with E-state index >= 15 is 0 Å². The molecule has 130 valence electrons. The Kier molecular flexibility index (Phi) is 4.81. The first-order valence-electron chi connectivity index (χ1n) is 7.86. The van der Waals surface area contributed by atoms with E-state index in [1.807, 2.05) is 6.07 Å². The summed E-state index contributed by atoms with van der Waals surface area (Å²) in [4.78, 5) is 41.7. The Bertz CT molecular complexity index is 954. The van der Waals surface area contributed by atoms with Crippen LogP contribution in [0.4, 0.5) is 0 Å². The first-order chi connectivity index (χ1) is 12.0. The molecule has 1 amide bonds. The first kappa shape index (κ1) is 17.1. The summed E-state index contributed by atoms with van der Waals surface area (Å²) in [6, 6.07) is 1.90. The molecule has 0 saturated carbocycles. The number of nitrogens with one attached hydrogen (secondary N) is 1. The number of aromatic nitrogens is 2. The van der Waals surface area contributed by atoms with Crippen molar-refractivity contribution in [1.29, 1.82) is 5.26 Å². The van der Waals surface area contributed by atoms with Crippen LogP contribution >= 0.6 is 11.3 Å². The van der Waals surface area contributed by atoms with Gasteiger partial charge in [0.25, 0.3) is 11.5 Å². The number of fused-ring (bicyclic) bond motifs is 2. The van der Waals surface area contributed by atoms with Crippen molar-refractivity contribution in [2.24, 2.45) is 0 Å². The van der Waals surface area contributed by atoms with Crippen molar-refractivity contribution >= 4 is 33.4 Å². The molecular formula is C16H16N4O4S. The van der Waals surface area contributed by atoms with Gasteiger partial charge in [0.05, 0.1) is 17.9 Å². The number of carbonyl (C=O) groups excluding carboxylic acids is 2. The molecule has 2 aromatic heterocycles. The Labute approximate surface area is 147 Å². The minimum atomic E-state index is -0.652. The molecule has 3 rings (SSSR count). The van der Waals surface area contributed by atoms with Gasteiger partial charge in [0.15, 0.2) is 6.61 Å². The lowest BCUT2D eigenvalue weighted by atomic mass is 10.2. The summed E-state index contributed by atoms with van der Waals surface area (Å²) in [5.41, 5.74) is 0.411. The fourth-order valence-electron chi connectivity index (χ4n) is 2.78. The predicted molar refractivity (Wildman–Crippen MR) is 90.5 cm³/mol. The van der Waals surface area contributed by atoms with Crippen molar-refractivity contribution in [3.8, 4) is 6.07 Å². The molecule has 9 heteroatoms. The van der Waals surface area contributed by atoms with E-state index in [1.54, 1.807) is 11.5 Å². The molecule has 0 spiro atoms. The lowest BCUT2D eigenvalue weighted by Gasteiger charge is -2.04. The minimum Gasteiger partial charge on any atom is -0.451 e. The maximum absolute atomic E-state index is 12.6. The molecule has 0 aromatic carbocycles. The van der Waals surface area contributed by atoms with Gasteiger partial charge in [-0.25, -0.2) is 9.78 Å². The van der Waals surface area contributed by atoms with E-state index in [0.29, 0.717) is 22.3 Å². The smallest absolute Gasteiger partial charge is 0.349 e. The van der Waals surface area contributed by atoms with Crippen LogP contribution in [0.1, 0.15) is 33.9 Å². The third-order valence-electron chi connectivity index (χ3n) is 3.99. The van der Waals surface area contributed by atoms with E-state index in [1.165, 1.54) is 0 Å². The Hall–Kier alpha value is -2.73. The highest BCUT2D eigenvalue weighted by Crippen LogP contribution is 2.29. The minimum absolute atomic E-state index is 0.125. The largest absolute Gasteiger partial charge is 0.451 e. The lowest BCUT2D eigenvalue weighted by molar-refractivity contribution is -0.124. The highest BCUT2D eigenvalue weighted by atomic mass is 32.1. The number of carbonyl (C=O) groups is 2. The Morgan fingerprint density at radius 3 is 3.04 bits per heavy atom. The van der Waals surface area contributed by atoms with Crippen LogP contribution in [-0.4, -0.2) is 34.6 Å². The van der Waals surface area contributed by atoms with Crippen molar-refractivity contribution in [3.05, 3.63) is 26.6 Å². The van der Waals surface area contributed by atoms with E-state index < -0.39 is 18.5 Å². The van der Waals surface area contributed by atoms with Crippen molar-refractivity contribution in [1.82, 2.24) is 14.9 Å². The molecule has 1 N–H and O–H groups in total. The molecule has 0 bridgehead atoms. The number of aryl methyl sites for hydroxylation is 2. The van der Waals surface area contributed by atoms with Crippen molar-refractivity contribution in [2.45, 2.75) is 32.7 Å². The Morgan fingerprint density at radius 1 is 1.48 bits per heavy atom. The number of nitriles is 1. The molecule has 0 aliphatic carbocycles. The molecule has 8 nitrogen and oxygen atoms in total. The zero-order valence-corrected chi connectivity index (χ0v) is 14.4. The van der Waals surface area contributed by atoms with Gasteiger partial charge in [-0.2, -0.15) is 5.26 Å². The maximum atomic E-state index is 12.6. The number of ether oxygens (including phenoxy) is 1. The van der Waals surface area contributed by atoms with Gasteiger partial charge >= 0.3 is 5.97 Å². The molecule has 25 heavy (non-hydrogen) atoms. The summed E-state index contributed by atoms with van der Waals surface area (Å²) in [5, 5.41) is 11.3. The van der Waals surface area contributed by atoms with E-state index in [-0.39, 0.29) is 23.4 Å². The fourth-order valence-corrected chi connectivity index (χ4v) is 3.86. The second-order valence-electron chi connectivity index (χ2n) is 5.66. The SMILES string of the molecule is Cc1c(C(=O)OCC(=O)NCCC#N)sc2nc3n(c(=O)c12)CCC3. The zero-order chi connectivity index (χ0) is 18.0. The van der Waals surface area contributed by atoms with E-state index in [4.69, 9.17) is 10.00 Å². The average Bonchev–Trinajstić information content (AvgIpc) is 3.18. The van der Waals surface area contributed by atoms with E-state index in [2.05, 4.69) is 10.3 Å². The third kappa shape index (κ3) is 3.25. The molecule has 0 saturated heterocycles. The van der Waals surface area contributed by atoms with Crippen LogP contribution in [0, 0.1) is 18.3 Å². The van der Waals surface area contributed by atoms with Gasteiger partial charge in [-0.1, -0.05) is 0 Å². The second-order valence-corrected chi connectivity index (χ2v) is 6.66. The number of nitrogens with zero attached hydrogens (tertiary/aromatic N) is 3. The average molecular weight is 360 g/mol. The summed E-state index contributed by atoms with van der Waals surface area (Å²) in [6.45, 7) is 2.12. The van der Waals surface area contributed by atoms with Gasteiger partial charge in [0, 0.05) is 19.5 Å². The molecule has 1 aliphatic heterocycles. The highest BCUT2D eigenvalue weighted by molar-refractivity contribution is 7.20. The summed E-state index contributed by atoms with van der Waals surface area (Å²) in [5.74, 6) is -0.379. The zero-order valence-electron chi connectivity index (χ0n) is 13.6. The van der Waals surface area contributed by atoms with Gasteiger partial charge in [0.1, 0.15) is 15.5 Å². The number of rotatable bonds is 5. The van der Waals surface area contributed by atoms with Crippen molar-refractivity contribution in [3.63, 3.8) is 0 Å². The number of hydrogen-bond donors (Lipinski definition) is 1. The fraction of sp³-hybridized carbons (Fsp3) is 0.438. The summed E-state index contributed by atoms with van der Waals surface area (Å²) in [7, 11) is 0. The van der Waals surface area contributed by atoms with Crippen LogP contribution in [-0.2, 0) is 22.5 Å². The number of amides is 1. The normalized spacial score (nSPS) is 12.6. The van der Waals surface area contributed by atoms with Crippen molar-refractivity contribution in [2.75, 3.05) is 13.2 Å². The lowest BCUT2D eigenvalue weighted by Crippen LogP contribution is -2.29. The van der Waals surface area contributed by atoms with Crippen LogP contribution < -0.4 is 10.9 Å². The van der Waals surface area contributed by atoms with Gasteiger partial charge in [-0.3, -0.25) is 14.2 Å². The van der Waals surface area contributed by atoms with E-state index in [9.17, 15) is 14.4 Å². The molecule has 3 heterocycles. The van der Waals surface area contributed by atoms with Gasteiger partial charge < -0.3 is 10.1 Å². The molecule has 2 aromatic rings. The van der Waals surface area contributed by atoms with Crippen LogP contribution in [0.25, 0.3) is 10.2 Å². The highest BCUT2D eigenvalue weighted by Gasteiger charge is 2.24. The summed E-state index contributed by atoms with van der Waals surface area (Å²) in [6.07, 6.45) is 1.84. The van der Waals surface area contributed by atoms with Crippen LogP contribution in [0.2, 0.25) is 0 Å². The summed E-state index contributed by atoms with van der Waals surface area (Å²) < 4.78 is 6.66. The topological polar surface area (TPSA) is 114 Å². The van der Waals surface area contributed by atoms with Crippen LogP contribution in [0.15, 0.2) is 4.79 Å². The van der Waals surface area contributed by atoms with Crippen LogP contribution in [0.5, 0.6) is 0 Å². The second kappa shape index (κ2) is 7.03. The van der Waals surface area contributed by atoms with Crippen molar-refractivity contribution < 1.29 is 14.3 Å². The quantitative estimate of drug-likeness (QED) is 0.626. The molecule has 0 fully saturated rings. The molecule has 0 atom stereocenters. The number of thiophene rings is 1.